The van der Waals surface area contributed by atoms with Crippen molar-refractivity contribution in [2.45, 2.75) is 59.3 Å². The molecule has 0 heterocycles. The standard InChI is InChI=1S/C15H29N/c1-4-10-16-12-14(5-2)11-15-8-6-13(3)7-9-15/h11,13,15-16H,4-10,12H2,1-3H3/b14-11-. The molecule has 1 aliphatic rings. The van der Waals surface area contributed by atoms with Gasteiger partial charge >= 0.3 is 0 Å². The van der Waals surface area contributed by atoms with Crippen LogP contribution in [0, 0.1) is 11.8 Å². The zero-order valence-electron chi connectivity index (χ0n) is 11.4. The van der Waals surface area contributed by atoms with Crippen LogP contribution in [0.5, 0.6) is 0 Å². The van der Waals surface area contributed by atoms with Crippen molar-refractivity contribution in [2.75, 3.05) is 13.1 Å². The lowest BCUT2D eigenvalue weighted by atomic mass is 9.82. The number of hydrogen-bond acceptors (Lipinski definition) is 1. The van der Waals surface area contributed by atoms with Crippen molar-refractivity contribution in [1.29, 1.82) is 0 Å². The normalized spacial score (nSPS) is 27.1. The van der Waals surface area contributed by atoms with Gasteiger partial charge in [0.1, 0.15) is 0 Å². The highest BCUT2D eigenvalue weighted by atomic mass is 14.8. The van der Waals surface area contributed by atoms with Gasteiger partial charge in [0.25, 0.3) is 0 Å². The van der Waals surface area contributed by atoms with Gasteiger partial charge < -0.3 is 5.32 Å². The molecule has 1 saturated carbocycles. The van der Waals surface area contributed by atoms with Gasteiger partial charge in [0.2, 0.25) is 0 Å². The van der Waals surface area contributed by atoms with Gasteiger partial charge in [-0.3, -0.25) is 0 Å². The summed E-state index contributed by atoms with van der Waals surface area (Å²) in [4.78, 5) is 0. The van der Waals surface area contributed by atoms with E-state index in [9.17, 15) is 0 Å². The first-order chi connectivity index (χ1) is 7.76. The van der Waals surface area contributed by atoms with E-state index in [1.165, 1.54) is 38.5 Å². The van der Waals surface area contributed by atoms with Gasteiger partial charge in [-0.15, -0.1) is 0 Å². The average Bonchev–Trinajstić information content (AvgIpc) is 2.31. The zero-order valence-corrected chi connectivity index (χ0v) is 11.4. The predicted molar refractivity (Wildman–Crippen MR) is 72.7 cm³/mol. The highest BCUT2D eigenvalue weighted by Gasteiger charge is 2.16. The van der Waals surface area contributed by atoms with Crippen LogP contribution in [0.2, 0.25) is 0 Å². The predicted octanol–water partition coefficient (Wildman–Crippen LogP) is 4.15. The molecule has 0 atom stereocenters. The van der Waals surface area contributed by atoms with Gasteiger partial charge in [-0.05, 0) is 44.1 Å². The molecule has 0 aromatic rings. The topological polar surface area (TPSA) is 12.0 Å². The molecule has 1 heteroatoms. The molecule has 0 bridgehead atoms. The molecule has 0 spiro atoms. The van der Waals surface area contributed by atoms with E-state index in [2.05, 4.69) is 32.2 Å². The van der Waals surface area contributed by atoms with Gasteiger partial charge in [-0.25, -0.2) is 0 Å². The van der Waals surface area contributed by atoms with E-state index in [4.69, 9.17) is 0 Å². The molecule has 0 radical (unpaired) electrons. The van der Waals surface area contributed by atoms with Crippen LogP contribution in [0.25, 0.3) is 0 Å². The third-order valence-corrected chi connectivity index (χ3v) is 3.76. The molecule has 0 aliphatic heterocycles. The minimum Gasteiger partial charge on any atom is -0.313 e. The summed E-state index contributed by atoms with van der Waals surface area (Å²) in [5.41, 5.74) is 1.62. The monoisotopic (exact) mass is 223 g/mol. The maximum Gasteiger partial charge on any atom is 0.0164 e. The lowest BCUT2D eigenvalue weighted by Gasteiger charge is -2.24. The molecule has 1 rings (SSSR count). The second kappa shape index (κ2) is 7.89. The first-order valence-corrected chi connectivity index (χ1v) is 7.16. The second-order valence-electron chi connectivity index (χ2n) is 5.38. The molecule has 0 amide bonds. The van der Waals surface area contributed by atoms with E-state index in [1.807, 2.05) is 0 Å². The van der Waals surface area contributed by atoms with Crippen LogP contribution in [0.1, 0.15) is 59.3 Å². The molecule has 0 aromatic carbocycles. The van der Waals surface area contributed by atoms with E-state index >= 15 is 0 Å². The number of hydrogen-bond donors (Lipinski definition) is 1. The van der Waals surface area contributed by atoms with Gasteiger partial charge in [0.05, 0.1) is 0 Å². The minimum absolute atomic E-state index is 0.870. The fourth-order valence-electron chi connectivity index (χ4n) is 2.51. The zero-order chi connectivity index (χ0) is 11.8. The summed E-state index contributed by atoms with van der Waals surface area (Å²) >= 11 is 0. The Morgan fingerprint density at radius 1 is 1.19 bits per heavy atom. The van der Waals surface area contributed by atoms with Crippen LogP contribution in [0.4, 0.5) is 0 Å². The Morgan fingerprint density at radius 2 is 1.88 bits per heavy atom. The van der Waals surface area contributed by atoms with Crippen molar-refractivity contribution in [3.05, 3.63) is 11.6 Å². The lowest BCUT2D eigenvalue weighted by Crippen LogP contribution is -2.19. The highest BCUT2D eigenvalue weighted by Crippen LogP contribution is 2.29. The van der Waals surface area contributed by atoms with Crippen LogP contribution in [-0.4, -0.2) is 13.1 Å². The highest BCUT2D eigenvalue weighted by molar-refractivity contribution is 5.06. The van der Waals surface area contributed by atoms with E-state index in [-0.39, 0.29) is 0 Å². The van der Waals surface area contributed by atoms with Gasteiger partial charge in [-0.1, -0.05) is 45.3 Å². The van der Waals surface area contributed by atoms with Gasteiger partial charge in [-0.2, -0.15) is 0 Å². The van der Waals surface area contributed by atoms with Crippen LogP contribution >= 0.6 is 0 Å². The van der Waals surface area contributed by atoms with Crippen molar-refractivity contribution in [1.82, 2.24) is 5.32 Å². The third kappa shape index (κ3) is 5.16. The summed E-state index contributed by atoms with van der Waals surface area (Å²) in [5.74, 6) is 1.84. The molecule has 16 heavy (non-hydrogen) atoms. The van der Waals surface area contributed by atoms with Crippen LogP contribution in [-0.2, 0) is 0 Å². The second-order valence-corrected chi connectivity index (χ2v) is 5.38. The summed E-state index contributed by atoms with van der Waals surface area (Å²) in [6.07, 6.45) is 10.7. The van der Waals surface area contributed by atoms with E-state index in [1.54, 1.807) is 5.57 Å². The maximum atomic E-state index is 3.52. The number of nitrogens with one attached hydrogen (secondary N) is 1. The lowest BCUT2D eigenvalue weighted by molar-refractivity contribution is 0.329. The Bertz CT molecular complexity index is 199. The molecule has 1 nitrogen and oxygen atoms in total. The average molecular weight is 223 g/mol. The molecule has 1 fully saturated rings. The summed E-state index contributed by atoms with van der Waals surface area (Å²) in [7, 11) is 0. The molecular weight excluding hydrogens is 194 g/mol. The van der Waals surface area contributed by atoms with Crippen molar-refractivity contribution in [3.8, 4) is 0 Å². The molecule has 1 aliphatic carbocycles. The van der Waals surface area contributed by atoms with E-state index < -0.39 is 0 Å². The smallest absolute Gasteiger partial charge is 0.0164 e. The van der Waals surface area contributed by atoms with Crippen LogP contribution in [0.15, 0.2) is 11.6 Å². The van der Waals surface area contributed by atoms with E-state index in [0.29, 0.717) is 0 Å². The summed E-state index contributed by atoms with van der Waals surface area (Å²) in [6.45, 7) is 9.16. The fourth-order valence-corrected chi connectivity index (χ4v) is 2.51. The first kappa shape index (κ1) is 13.8. The van der Waals surface area contributed by atoms with Gasteiger partial charge in [0.15, 0.2) is 0 Å². The van der Waals surface area contributed by atoms with Crippen LogP contribution in [0.3, 0.4) is 0 Å². The minimum atomic E-state index is 0.870. The fraction of sp³-hybridized carbons (Fsp3) is 0.867. The van der Waals surface area contributed by atoms with Crippen molar-refractivity contribution in [2.24, 2.45) is 11.8 Å². The quantitative estimate of drug-likeness (QED) is 0.527. The molecule has 1 N–H and O–H groups in total. The molecular formula is C15H29N. The van der Waals surface area contributed by atoms with Crippen molar-refractivity contribution < 1.29 is 0 Å². The SMILES string of the molecule is CCCNC/C(=C\C1CCC(C)CC1)CC. The summed E-state index contributed by atoms with van der Waals surface area (Å²) in [6, 6.07) is 0. The Balaban J connectivity index is 2.33. The Labute approximate surface area is 102 Å². The Hall–Kier alpha value is -0.300. The van der Waals surface area contributed by atoms with Crippen molar-refractivity contribution >= 4 is 0 Å². The first-order valence-electron chi connectivity index (χ1n) is 7.16. The third-order valence-electron chi connectivity index (χ3n) is 3.76. The van der Waals surface area contributed by atoms with E-state index in [0.717, 1.165) is 24.9 Å². The summed E-state index contributed by atoms with van der Waals surface area (Å²) in [5, 5.41) is 3.52. The number of allylic oxidation sites excluding steroid dienone is 1. The Morgan fingerprint density at radius 3 is 2.44 bits per heavy atom. The Kier molecular flexibility index (Phi) is 6.79. The van der Waals surface area contributed by atoms with Crippen molar-refractivity contribution in [3.63, 3.8) is 0 Å². The molecule has 0 saturated heterocycles. The molecule has 0 aromatic heterocycles. The molecule has 94 valence electrons. The molecule has 0 unspecified atom stereocenters. The number of rotatable bonds is 6. The summed E-state index contributed by atoms with van der Waals surface area (Å²) < 4.78 is 0. The maximum absolute atomic E-state index is 3.52. The van der Waals surface area contributed by atoms with Crippen LogP contribution < -0.4 is 5.32 Å². The largest absolute Gasteiger partial charge is 0.313 e. The van der Waals surface area contributed by atoms with Gasteiger partial charge in [0, 0.05) is 6.54 Å².